The summed E-state index contributed by atoms with van der Waals surface area (Å²) >= 11 is 3.16. The first kappa shape index (κ1) is 14.6. The molecule has 0 saturated heterocycles. The summed E-state index contributed by atoms with van der Waals surface area (Å²) < 4.78 is 46.5. The van der Waals surface area contributed by atoms with E-state index in [2.05, 4.69) is 35.4 Å². The van der Waals surface area contributed by atoms with Crippen molar-refractivity contribution in [1.82, 2.24) is 5.09 Å². The van der Waals surface area contributed by atoms with Gasteiger partial charge in [-0.3, -0.25) is 0 Å². The minimum absolute atomic E-state index is 0.0382. The van der Waals surface area contributed by atoms with E-state index >= 15 is 0 Å². The highest BCUT2D eigenvalue weighted by Crippen LogP contribution is 2.40. The fraction of sp³-hybridized carbons (Fsp3) is 0.364. The quantitative estimate of drug-likeness (QED) is 0.827. The molecule has 0 aliphatic carbocycles. The van der Waals surface area contributed by atoms with E-state index in [1.165, 1.54) is 12.1 Å². The van der Waals surface area contributed by atoms with Crippen molar-refractivity contribution in [3.63, 3.8) is 0 Å². The van der Waals surface area contributed by atoms with Crippen molar-refractivity contribution in [1.29, 1.82) is 0 Å². The highest BCUT2D eigenvalue weighted by Gasteiger charge is 2.46. The lowest BCUT2D eigenvalue weighted by Gasteiger charge is -2.33. The second-order valence-corrected chi connectivity index (χ2v) is 5.21. The Morgan fingerprint density at radius 1 is 1.47 bits per heavy atom. The van der Waals surface area contributed by atoms with E-state index in [0.29, 0.717) is 4.47 Å². The van der Waals surface area contributed by atoms with Crippen LogP contribution in [0.1, 0.15) is 12.0 Å². The first-order valence-electron chi connectivity index (χ1n) is 5.42. The van der Waals surface area contributed by atoms with Gasteiger partial charge in [0.15, 0.2) is 5.54 Å². The molecule has 3 nitrogen and oxygen atoms in total. The molecule has 1 aromatic carbocycles. The molecule has 19 heavy (non-hydrogen) atoms. The number of ether oxygens (including phenoxy) is 1. The molecule has 0 radical (unpaired) electrons. The van der Waals surface area contributed by atoms with Crippen molar-refractivity contribution in [2.45, 2.75) is 18.4 Å². The molecule has 0 spiro atoms. The van der Waals surface area contributed by atoms with E-state index in [9.17, 15) is 13.2 Å². The number of alkyl halides is 2. The third kappa shape index (κ3) is 2.72. The van der Waals surface area contributed by atoms with E-state index in [4.69, 9.17) is 4.74 Å². The van der Waals surface area contributed by atoms with Gasteiger partial charge in [0.1, 0.15) is 5.82 Å². The van der Waals surface area contributed by atoms with Crippen LogP contribution in [0.25, 0.3) is 0 Å². The lowest BCUT2D eigenvalue weighted by Crippen LogP contribution is -2.41. The second kappa shape index (κ2) is 5.67. The molecule has 1 unspecified atom stereocenters. The van der Waals surface area contributed by atoms with E-state index < -0.39 is 17.8 Å². The van der Waals surface area contributed by atoms with Crippen LogP contribution < -0.4 is 5.09 Å². The summed E-state index contributed by atoms with van der Waals surface area (Å²) in [6.45, 7) is 0.0382. The number of nitrogens with one attached hydrogen (secondary N) is 1. The lowest BCUT2D eigenvalue weighted by molar-refractivity contribution is 0.0243. The molecule has 0 saturated carbocycles. The molecule has 1 aliphatic heterocycles. The average Bonchev–Trinajstić information content (AvgIpc) is 2.41. The van der Waals surface area contributed by atoms with Gasteiger partial charge in [0.2, 0.25) is 0 Å². The summed E-state index contributed by atoms with van der Waals surface area (Å²) in [4.78, 5) is 3.86. The molecule has 0 aromatic heterocycles. The number of benzene rings is 1. The molecule has 2 rings (SSSR count). The number of amidine groups is 1. The van der Waals surface area contributed by atoms with E-state index in [0.717, 1.165) is 6.07 Å². The molecule has 1 heterocycles. The molecular weight excluding hydrogens is 344 g/mol. The van der Waals surface area contributed by atoms with Crippen molar-refractivity contribution in [2.24, 2.45) is 4.99 Å². The van der Waals surface area contributed by atoms with Crippen LogP contribution in [0.3, 0.4) is 0 Å². The Morgan fingerprint density at radius 3 is 2.84 bits per heavy atom. The van der Waals surface area contributed by atoms with Crippen LogP contribution in [0, 0.1) is 5.82 Å². The molecule has 104 valence electrons. The minimum Gasteiger partial charge on any atom is -0.465 e. The Kier molecular flexibility index (Phi) is 4.36. The van der Waals surface area contributed by atoms with Crippen LogP contribution in [0.4, 0.5) is 13.2 Å². The molecule has 1 aromatic rings. The van der Waals surface area contributed by atoms with Crippen LogP contribution in [0.15, 0.2) is 27.7 Å². The van der Waals surface area contributed by atoms with Crippen LogP contribution in [0.5, 0.6) is 0 Å². The van der Waals surface area contributed by atoms with Gasteiger partial charge in [-0.2, -0.15) is 0 Å². The van der Waals surface area contributed by atoms with Crippen molar-refractivity contribution < 1.29 is 17.9 Å². The zero-order valence-corrected chi connectivity index (χ0v) is 12.4. The third-order valence-corrected chi connectivity index (χ3v) is 3.64. The highest BCUT2D eigenvalue weighted by atomic mass is 79.9. The van der Waals surface area contributed by atoms with Crippen molar-refractivity contribution in [3.8, 4) is 0 Å². The normalized spacial score (nSPS) is 22.9. The van der Waals surface area contributed by atoms with Crippen molar-refractivity contribution >= 4 is 31.3 Å². The zero-order valence-electron chi connectivity index (χ0n) is 9.67. The number of rotatable bonds is 2. The number of hydrogen-bond acceptors (Lipinski definition) is 3. The topological polar surface area (TPSA) is 33.6 Å². The summed E-state index contributed by atoms with van der Waals surface area (Å²) in [5.41, 5.74) is -2.07. The maximum atomic E-state index is 13.9. The van der Waals surface area contributed by atoms with Crippen molar-refractivity contribution in [3.05, 3.63) is 34.1 Å². The summed E-state index contributed by atoms with van der Waals surface area (Å²) in [7, 11) is 2.11. The molecule has 0 bridgehead atoms. The van der Waals surface area contributed by atoms with Crippen LogP contribution in [-0.4, -0.2) is 19.1 Å². The lowest BCUT2D eigenvalue weighted by atomic mass is 9.87. The standard InChI is InChI=1S/C11H11BrF3N2OP/c12-6-1-2-8(13)7(5-6)11(9(14)15)3-4-18-10(16-11)17-19/h1-2,5,9H,3-4,19H2,(H,16,17)/t11-/m0/s1. The van der Waals surface area contributed by atoms with Gasteiger partial charge >= 0.3 is 0 Å². The number of aliphatic imine (C=N–C) groups is 1. The Balaban J connectivity index is 2.59. The monoisotopic (exact) mass is 354 g/mol. The van der Waals surface area contributed by atoms with E-state index in [1.54, 1.807) is 0 Å². The average molecular weight is 355 g/mol. The first-order chi connectivity index (χ1) is 8.99. The van der Waals surface area contributed by atoms with Crippen LogP contribution >= 0.6 is 25.3 Å². The van der Waals surface area contributed by atoms with Gasteiger partial charge in [-0.05, 0) is 27.6 Å². The molecule has 1 aliphatic rings. The third-order valence-electron chi connectivity index (χ3n) is 2.90. The minimum atomic E-state index is -2.84. The molecule has 2 atom stereocenters. The van der Waals surface area contributed by atoms with Gasteiger partial charge in [0, 0.05) is 16.5 Å². The summed E-state index contributed by atoms with van der Waals surface area (Å²) in [5.74, 6) is -0.711. The SMILES string of the molecule is Fc1ccc(Br)cc1[C@]1(C(F)F)CCOC(NP)=N1. The predicted octanol–water partition coefficient (Wildman–Crippen LogP) is 3.20. The largest absolute Gasteiger partial charge is 0.465 e. The Hall–Kier alpha value is -0.810. The van der Waals surface area contributed by atoms with Crippen molar-refractivity contribution in [2.75, 3.05) is 6.61 Å². The summed E-state index contributed by atoms with van der Waals surface area (Å²) in [5, 5.41) is 2.49. The maximum absolute atomic E-state index is 13.9. The van der Waals surface area contributed by atoms with Gasteiger partial charge in [0.05, 0.1) is 6.61 Å². The zero-order chi connectivity index (χ0) is 14.0. The van der Waals surface area contributed by atoms with Crippen LogP contribution in [0.2, 0.25) is 0 Å². The Labute approximate surface area is 119 Å². The van der Waals surface area contributed by atoms with E-state index in [1.807, 2.05) is 0 Å². The van der Waals surface area contributed by atoms with Crippen LogP contribution in [-0.2, 0) is 10.3 Å². The number of hydrogen-bond donors (Lipinski definition) is 1. The Bertz CT molecular complexity index is 515. The number of nitrogens with zero attached hydrogens (tertiary/aromatic N) is 1. The molecule has 0 fully saturated rings. The van der Waals surface area contributed by atoms with E-state index in [-0.39, 0.29) is 24.6 Å². The molecule has 8 heteroatoms. The fourth-order valence-electron chi connectivity index (χ4n) is 1.95. The van der Waals surface area contributed by atoms with Gasteiger partial charge in [-0.15, -0.1) is 0 Å². The fourth-order valence-corrected chi connectivity index (χ4v) is 2.46. The number of halogens is 4. The summed E-state index contributed by atoms with van der Waals surface area (Å²) in [6.07, 6.45) is -2.93. The van der Waals surface area contributed by atoms with Gasteiger partial charge < -0.3 is 9.82 Å². The second-order valence-electron chi connectivity index (χ2n) is 4.01. The Morgan fingerprint density at radius 2 is 2.21 bits per heavy atom. The molecular formula is C11H11BrF3N2OP. The highest BCUT2D eigenvalue weighted by molar-refractivity contribution is 9.10. The first-order valence-corrected chi connectivity index (χ1v) is 6.79. The predicted molar refractivity (Wildman–Crippen MR) is 72.6 cm³/mol. The van der Waals surface area contributed by atoms with Gasteiger partial charge in [-0.1, -0.05) is 15.9 Å². The smallest absolute Gasteiger partial charge is 0.288 e. The molecule has 0 amide bonds. The van der Waals surface area contributed by atoms with Gasteiger partial charge in [0.25, 0.3) is 12.4 Å². The summed E-state index contributed by atoms with van der Waals surface area (Å²) in [6, 6.07) is 3.88. The van der Waals surface area contributed by atoms with Gasteiger partial charge in [-0.25, -0.2) is 18.2 Å². The molecule has 1 N–H and O–H groups in total. The maximum Gasteiger partial charge on any atom is 0.288 e.